The standard InChI is InChI=1S/C25H21ClIN3O2S/c1-13-10-18(8-9-21(13)27)29-14(2)11-17(16(29)4)12-19-23(31)28-25(33)30(24(19)32)22-7-5-6-20(26)15(22)3/h5-12H,1-4H3,(H,28,31,33)/b19-12-. The van der Waals surface area contributed by atoms with Gasteiger partial charge in [0.2, 0.25) is 0 Å². The van der Waals surface area contributed by atoms with E-state index in [4.69, 9.17) is 23.8 Å². The van der Waals surface area contributed by atoms with E-state index in [0.717, 1.165) is 22.6 Å². The molecule has 0 atom stereocenters. The van der Waals surface area contributed by atoms with E-state index in [-0.39, 0.29) is 10.7 Å². The summed E-state index contributed by atoms with van der Waals surface area (Å²) in [6, 6.07) is 13.5. The molecule has 2 amide bonds. The number of aryl methyl sites for hydroxylation is 2. The number of nitrogens with one attached hydrogen (secondary N) is 1. The molecule has 33 heavy (non-hydrogen) atoms. The van der Waals surface area contributed by atoms with Gasteiger partial charge in [-0.15, -0.1) is 0 Å². The average molecular weight is 590 g/mol. The fourth-order valence-corrected chi connectivity index (χ4v) is 4.75. The summed E-state index contributed by atoms with van der Waals surface area (Å²) in [4.78, 5) is 27.5. The summed E-state index contributed by atoms with van der Waals surface area (Å²) in [5, 5.41) is 3.19. The first kappa shape index (κ1) is 23.7. The number of hydrogen-bond acceptors (Lipinski definition) is 3. The largest absolute Gasteiger partial charge is 0.318 e. The molecular formula is C25H21ClIN3O2S. The first-order valence-electron chi connectivity index (χ1n) is 10.2. The van der Waals surface area contributed by atoms with E-state index in [9.17, 15) is 9.59 Å². The minimum Gasteiger partial charge on any atom is -0.318 e. The van der Waals surface area contributed by atoms with Gasteiger partial charge in [-0.25, -0.2) is 0 Å². The van der Waals surface area contributed by atoms with Gasteiger partial charge in [0.25, 0.3) is 11.8 Å². The topological polar surface area (TPSA) is 54.3 Å². The number of nitrogens with zero attached hydrogens (tertiary/aromatic N) is 2. The molecule has 2 aromatic carbocycles. The maximum Gasteiger partial charge on any atom is 0.270 e. The van der Waals surface area contributed by atoms with Crippen molar-refractivity contribution < 1.29 is 9.59 Å². The molecule has 1 N–H and O–H groups in total. The van der Waals surface area contributed by atoms with Crippen LogP contribution in [-0.2, 0) is 9.59 Å². The highest BCUT2D eigenvalue weighted by molar-refractivity contribution is 14.1. The molecule has 1 aliphatic rings. The van der Waals surface area contributed by atoms with Gasteiger partial charge in [-0.1, -0.05) is 17.7 Å². The molecule has 1 aliphatic heterocycles. The van der Waals surface area contributed by atoms with Crippen molar-refractivity contribution in [1.82, 2.24) is 9.88 Å². The number of thiocarbonyl (C=S) groups is 1. The lowest BCUT2D eigenvalue weighted by Gasteiger charge is -2.30. The highest BCUT2D eigenvalue weighted by atomic mass is 127. The van der Waals surface area contributed by atoms with Crippen molar-refractivity contribution in [2.45, 2.75) is 27.7 Å². The summed E-state index contributed by atoms with van der Waals surface area (Å²) in [5.74, 6) is -1.00. The minimum atomic E-state index is -0.518. The number of halogens is 2. The van der Waals surface area contributed by atoms with E-state index in [1.165, 1.54) is 14.0 Å². The zero-order chi connectivity index (χ0) is 24.0. The first-order chi connectivity index (χ1) is 15.6. The highest BCUT2D eigenvalue weighted by Crippen LogP contribution is 2.30. The molecule has 4 rings (SSSR count). The van der Waals surface area contributed by atoms with Crippen LogP contribution in [0.4, 0.5) is 5.69 Å². The fraction of sp³-hybridized carbons (Fsp3) is 0.160. The third kappa shape index (κ3) is 4.25. The molecule has 1 aromatic heterocycles. The molecular weight excluding hydrogens is 569 g/mol. The number of anilines is 1. The third-order valence-corrected chi connectivity index (χ3v) is 7.66. The Morgan fingerprint density at radius 3 is 2.48 bits per heavy atom. The molecule has 0 unspecified atom stereocenters. The van der Waals surface area contributed by atoms with Crippen LogP contribution in [0.2, 0.25) is 5.02 Å². The molecule has 3 aromatic rings. The van der Waals surface area contributed by atoms with Crippen molar-refractivity contribution in [2.75, 3.05) is 4.90 Å². The van der Waals surface area contributed by atoms with Crippen molar-refractivity contribution in [1.29, 1.82) is 0 Å². The summed E-state index contributed by atoms with van der Waals surface area (Å²) in [6.07, 6.45) is 1.63. The van der Waals surface area contributed by atoms with Crippen LogP contribution in [0, 0.1) is 31.3 Å². The van der Waals surface area contributed by atoms with Gasteiger partial charge in [-0.2, -0.15) is 0 Å². The maximum atomic E-state index is 13.4. The van der Waals surface area contributed by atoms with Crippen molar-refractivity contribution >= 4 is 75.1 Å². The van der Waals surface area contributed by atoms with Gasteiger partial charge in [-0.05, 0) is 122 Å². The van der Waals surface area contributed by atoms with Gasteiger partial charge in [0, 0.05) is 25.7 Å². The van der Waals surface area contributed by atoms with Crippen molar-refractivity contribution in [2.24, 2.45) is 0 Å². The zero-order valence-electron chi connectivity index (χ0n) is 18.5. The van der Waals surface area contributed by atoms with E-state index in [2.05, 4.69) is 57.6 Å². The number of carbonyl (C=O) groups excluding carboxylic acids is 2. The molecule has 1 saturated heterocycles. The zero-order valence-corrected chi connectivity index (χ0v) is 22.2. The van der Waals surface area contributed by atoms with Gasteiger partial charge in [0.1, 0.15) is 5.57 Å². The second kappa shape index (κ2) is 9.04. The Labute approximate surface area is 216 Å². The summed E-state index contributed by atoms with van der Waals surface area (Å²) in [5.41, 5.74) is 6.20. The Bertz CT molecular complexity index is 1380. The van der Waals surface area contributed by atoms with Crippen molar-refractivity contribution in [3.63, 3.8) is 0 Å². The molecule has 0 radical (unpaired) electrons. The second-order valence-electron chi connectivity index (χ2n) is 7.94. The molecule has 1 fully saturated rings. The van der Waals surface area contributed by atoms with Crippen LogP contribution in [0.3, 0.4) is 0 Å². The molecule has 0 saturated carbocycles. The Hall–Kier alpha value is -2.49. The molecule has 0 bridgehead atoms. The first-order valence-corrected chi connectivity index (χ1v) is 12.1. The third-order valence-electron chi connectivity index (χ3n) is 5.75. The quantitative estimate of drug-likeness (QED) is 0.182. The van der Waals surface area contributed by atoms with Crippen LogP contribution in [0.1, 0.15) is 28.1 Å². The van der Waals surface area contributed by atoms with E-state index in [1.54, 1.807) is 24.3 Å². The predicted octanol–water partition coefficient (Wildman–Crippen LogP) is 5.80. The summed E-state index contributed by atoms with van der Waals surface area (Å²) < 4.78 is 3.31. The number of carbonyl (C=O) groups is 2. The molecule has 0 spiro atoms. The van der Waals surface area contributed by atoms with Gasteiger partial charge in [-0.3, -0.25) is 19.8 Å². The lowest BCUT2D eigenvalue weighted by molar-refractivity contribution is -0.122. The van der Waals surface area contributed by atoms with Crippen LogP contribution < -0.4 is 10.2 Å². The average Bonchev–Trinajstić information content (AvgIpc) is 3.03. The Kier molecular flexibility index (Phi) is 6.48. The fourth-order valence-electron chi connectivity index (χ4n) is 3.97. The lowest BCUT2D eigenvalue weighted by atomic mass is 10.1. The number of aromatic nitrogens is 1. The van der Waals surface area contributed by atoms with Crippen LogP contribution in [0.15, 0.2) is 48.0 Å². The molecule has 8 heteroatoms. The summed E-state index contributed by atoms with van der Waals surface area (Å²) in [6.45, 7) is 7.86. The highest BCUT2D eigenvalue weighted by Gasteiger charge is 2.35. The van der Waals surface area contributed by atoms with Crippen LogP contribution >= 0.6 is 46.4 Å². The summed E-state index contributed by atoms with van der Waals surface area (Å²) >= 11 is 13.9. The van der Waals surface area contributed by atoms with Crippen LogP contribution in [-0.4, -0.2) is 21.5 Å². The van der Waals surface area contributed by atoms with E-state index >= 15 is 0 Å². The monoisotopic (exact) mass is 589 g/mol. The van der Waals surface area contributed by atoms with Crippen molar-refractivity contribution in [3.8, 4) is 5.69 Å². The SMILES string of the molecule is Cc1cc(-n2c(C)cc(/C=C3/C(=O)NC(=S)N(c4cccc(Cl)c4C)C3=O)c2C)ccc1I. The molecule has 168 valence electrons. The maximum absolute atomic E-state index is 13.4. The molecule has 5 nitrogen and oxygen atoms in total. The molecule has 0 aliphatic carbocycles. The van der Waals surface area contributed by atoms with Gasteiger partial charge >= 0.3 is 0 Å². The number of hydrogen-bond donors (Lipinski definition) is 1. The lowest BCUT2D eigenvalue weighted by Crippen LogP contribution is -2.54. The Balaban J connectivity index is 1.79. The van der Waals surface area contributed by atoms with Crippen LogP contribution in [0.5, 0.6) is 0 Å². The van der Waals surface area contributed by atoms with Gasteiger partial charge in [0.05, 0.1) is 5.69 Å². The van der Waals surface area contributed by atoms with Gasteiger partial charge < -0.3 is 4.57 Å². The van der Waals surface area contributed by atoms with Crippen molar-refractivity contribution in [3.05, 3.63) is 84.7 Å². The minimum absolute atomic E-state index is 0.0158. The van der Waals surface area contributed by atoms with E-state index < -0.39 is 11.8 Å². The summed E-state index contributed by atoms with van der Waals surface area (Å²) in [7, 11) is 0. The van der Waals surface area contributed by atoms with Gasteiger partial charge in [0.15, 0.2) is 5.11 Å². The normalized spacial score (nSPS) is 15.4. The Morgan fingerprint density at radius 2 is 1.79 bits per heavy atom. The smallest absolute Gasteiger partial charge is 0.270 e. The van der Waals surface area contributed by atoms with E-state index in [1.807, 2.05) is 26.8 Å². The molecule has 2 heterocycles. The van der Waals surface area contributed by atoms with E-state index in [0.29, 0.717) is 16.3 Å². The Morgan fingerprint density at radius 1 is 1.06 bits per heavy atom. The number of amides is 2. The van der Waals surface area contributed by atoms with Crippen LogP contribution in [0.25, 0.3) is 11.8 Å². The number of rotatable bonds is 3. The second-order valence-corrected chi connectivity index (χ2v) is 9.89. The predicted molar refractivity (Wildman–Crippen MR) is 145 cm³/mol. The number of benzene rings is 2.